The molecule has 116 valence electrons. The zero-order valence-electron chi connectivity index (χ0n) is 12.4. The van der Waals surface area contributed by atoms with Crippen molar-refractivity contribution in [3.8, 4) is 0 Å². The molecular formula is C16H14N4O2S. The number of amides is 1. The predicted octanol–water partition coefficient (Wildman–Crippen LogP) is 2.66. The second-order valence-corrected chi connectivity index (χ2v) is 5.82. The third-order valence-corrected chi connectivity index (χ3v) is 4.09. The largest absolute Gasteiger partial charge is 0.326 e. The number of anilines is 1. The smallest absolute Gasteiger partial charge is 0.221 e. The Morgan fingerprint density at radius 3 is 2.65 bits per heavy atom. The van der Waals surface area contributed by atoms with Crippen LogP contribution < -0.4 is 5.32 Å². The molecule has 0 aliphatic rings. The van der Waals surface area contributed by atoms with E-state index in [2.05, 4.69) is 15.5 Å². The standard InChI is InChI=1S/C16H14N4O2S/c1-11(21)17-13-7-5-12(6-8-13)14(22)10-23-16-19-18-15-4-2-3-9-20(15)16/h2-9H,10H2,1H3,(H,17,21). The highest BCUT2D eigenvalue weighted by molar-refractivity contribution is 7.99. The number of carbonyl (C=O) groups excluding carboxylic acids is 2. The zero-order chi connectivity index (χ0) is 16.2. The lowest BCUT2D eigenvalue weighted by Crippen LogP contribution is -2.07. The number of thioether (sulfide) groups is 1. The fourth-order valence-electron chi connectivity index (χ4n) is 2.07. The van der Waals surface area contributed by atoms with Gasteiger partial charge in [-0.1, -0.05) is 17.8 Å². The second kappa shape index (κ2) is 6.62. The fraction of sp³-hybridized carbons (Fsp3) is 0.125. The Kier molecular flexibility index (Phi) is 4.38. The summed E-state index contributed by atoms with van der Waals surface area (Å²) in [5, 5.41) is 11.5. The summed E-state index contributed by atoms with van der Waals surface area (Å²) >= 11 is 1.34. The number of rotatable bonds is 5. The van der Waals surface area contributed by atoms with E-state index in [0.717, 1.165) is 5.65 Å². The summed E-state index contributed by atoms with van der Waals surface area (Å²) in [4.78, 5) is 23.2. The van der Waals surface area contributed by atoms with Gasteiger partial charge in [-0.15, -0.1) is 10.2 Å². The molecule has 1 aromatic carbocycles. The van der Waals surface area contributed by atoms with E-state index in [1.165, 1.54) is 18.7 Å². The van der Waals surface area contributed by atoms with Crippen molar-refractivity contribution in [1.29, 1.82) is 0 Å². The lowest BCUT2D eigenvalue weighted by atomic mass is 10.1. The van der Waals surface area contributed by atoms with E-state index in [0.29, 0.717) is 16.4 Å². The molecule has 6 nitrogen and oxygen atoms in total. The van der Waals surface area contributed by atoms with Crippen molar-refractivity contribution in [3.05, 3.63) is 54.2 Å². The molecule has 0 atom stereocenters. The maximum atomic E-state index is 12.2. The van der Waals surface area contributed by atoms with Gasteiger partial charge in [-0.25, -0.2) is 0 Å². The summed E-state index contributed by atoms with van der Waals surface area (Å²) in [7, 11) is 0. The molecule has 0 saturated heterocycles. The molecule has 3 rings (SSSR count). The van der Waals surface area contributed by atoms with Gasteiger partial charge in [0.2, 0.25) is 5.91 Å². The minimum absolute atomic E-state index is 0.00273. The van der Waals surface area contributed by atoms with Crippen LogP contribution >= 0.6 is 11.8 Å². The Labute approximate surface area is 136 Å². The van der Waals surface area contributed by atoms with Crippen molar-refractivity contribution < 1.29 is 9.59 Å². The van der Waals surface area contributed by atoms with E-state index in [9.17, 15) is 9.59 Å². The van der Waals surface area contributed by atoms with E-state index in [1.54, 1.807) is 24.3 Å². The first kappa shape index (κ1) is 15.2. The first-order chi connectivity index (χ1) is 11.1. The predicted molar refractivity (Wildman–Crippen MR) is 88.8 cm³/mol. The molecule has 23 heavy (non-hydrogen) atoms. The minimum Gasteiger partial charge on any atom is -0.326 e. The number of Topliss-reactive ketones (excluding diaryl/α,β-unsaturated/α-hetero) is 1. The van der Waals surface area contributed by atoms with E-state index in [-0.39, 0.29) is 17.4 Å². The SMILES string of the molecule is CC(=O)Nc1ccc(C(=O)CSc2nnc3ccccn23)cc1. The number of hydrogen-bond acceptors (Lipinski definition) is 5. The number of hydrogen-bond donors (Lipinski definition) is 1. The van der Waals surface area contributed by atoms with Crippen molar-refractivity contribution in [2.75, 3.05) is 11.1 Å². The molecule has 1 N–H and O–H groups in total. The van der Waals surface area contributed by atoms with Gasteiger partial charge in [0, 0.05) is 24.4 Å². The molecule has 7 heteroatoms. The Hall–Kier alpha value is -2.67. The van der Waals surface area contributed by atoms with Gasteiger partial charge < -0.3 is 5.32 Å². The summed E-state index contributed by atoms with van der Waals surface area (Å²) in [5.41, 5.74) is 2.02. The van der Waals surface area contributed by atoms with Gasteiger partial charge in [0.25, 0.3) is 0 Å². The molecule has 0 fully saturated rings. The highest BCUT2D eigenvalue weighted by atomic mass is 32.2. The molecule has 0 aliphatic carbocycles. The monoisotopic (exact) mass is 326 g/mol. The number of benzene rings is 1. The normalized spacial score (nSPS) is 10.7. The lowest BCUT2D eigenvalue weighted by molar-refractivity contribution is -0.114. The lowest BCUT2D eigenvalue weighted by Gasteiger charge is -2.04. The summed E-state index contributed by atoms with van der Waals surface area (Å²) in [6.45, 7) is 1.44. The van der Waals surface area contributed by atoms with E-state index >= 15 is 0 Å². The zero-order valence-corrected chi connectivity index (χ0v) is 13.2. The van der Waals surface area contributed by atoms with E-state index in [1.807, 2.05) is 28.8 Å². The Morgan fingerprint density at radius 1 is 1.13 bits per heavy atom. The molecule has 0 spiro atoms. The molecule has 2 aromatic heterocycles. The van der Waals surface area contributed by atoms with Crippen LogP contribution in [0.2, 0.25) is 0 Å². The van der Waals surface area contributed by atoms with Crippen molar-refractivity contribution in [2.24, 2.45) is 0 Å². The second-order valence-electron chi connectivity index (χ2n) is 4.88. The number of nitrogens with one attached hydrogen (secondary N) is 1. The number of fused-ring (bicyclic) bond motifs is 1. The van der Waals surface area contributed by atoms with Crippen LogP contribution in [0.15, 0.2) is 53.8 Å². The van der Waals surface area contributed by atoms with Crippen LogP contribution in [-0.2, 0) is 4.79 Å². The minimum atomic E-state index is -0.140. The average Bonchev–Trinajstić information content (AvgIpc) is 2.96. The highest BCUT2D eigenvalue weighted by Gasteiger charge is 2.10. The first-order valence-electron chi connectivity index (χ1n) is 6.97. The van der Waals surface area contributed by atoms with Gasteiger partial charge in [-0.2, -0.15) is 0 Å². The van der Waals surface area contributed by atoms with Gasteiger partial charge >= 0.3 is 0 Å². The van der Waals surface area contributed by atoms with Crippen molar-refractivity contribution >= 4 is 34.8 Å². The van der Waals surface area contributed by atoms with Gasteiger partial charge in [0.05, 0.1) is 5.75 Å². The molecule has 2 heterocycles. The fourth-order valence-corrected chi connectivity index (χ4v) is 2.89. The van der Waals surface area contributed by atoms with Gasteiger partial charge in [-0.3, -0.25) is 14.0 Å². The number of ketones is 1. The van der Waals surface area contributed by atoms with Crippen LogP contribution in [0.25, 0.3) is 5.65 Å². The van der Waals surface area contributed by atoms with Crippen LogP contribution in [0.3, 0.4) is 0 Å². The summed E-state index contributed by atoms with van der Waals surface area (Å²) in [5.74, 6) is 0.130. The molecule has 1 amide bonds. The van der Waals surface area contributed by atoms with Crippen LogP contribution in [0.5, 0.6) is 0 Å². The van der Waals surface area contributed by atoms with Crippen LogP contribution in [0.1, 0.15) is 17.3 Å². The highest BCUT2D eigenvalue weighted by Crippen LogP contribution is 2.19. The molecule has 3 aromatic rings. The van der Waals surface area contributed by atoms with Gasteiger partial charge in [0.1, 0.15) is 0 Å². The van der Waals surface area contributed by atoms with E-state index in [4.69, 9.17) is 0 Å². The maximum absolute atomic E-state index is 12.2. The maximum Gasteiger partial charge on any atom is 0.221 e. The summed E-state index contributed by atoms with van der Waals surface area (Å²) < 4.78 is 1.85. The number of pyridine rings is 1. The molecular weight excluding hydrogens is 312 g/mol. The van der Waals surface area contributed by atoms with Gasteiger partial charge in [0.15, 0.2) is 16.6 Å². The van der Waals surface area contributed by atoms with Crippen molar-refractivity contribution in [2.45, 2.75) is 12.1 Å². The van der Waals surface area contributed by atoms with Gasteiger partial charge in [-0.05, 0) is 36.4 Å². The molecule has 0 saturated carbocycles. The van der Waals surface area contributed by atoms with Crippen LogP contribution in [0, 0.1) is 0 Å². The number of aromatic nitrogens is 3. The summed E-state index contributed by atoms with van der Waals surface area (Å²) in [6.07, 6.45) is 1.87. The topological polar surface area (TPSA) is 76.4 Å². The average molecular weight is 326 g/mol. The third-order valence-electron chi connectivity index (χ3n) is 3.14. The van der Waals surface area contributed by atoms with E-state index < -0.39 is 0 Å². The molecule has 0 unspecified atom stereocenters. The summed E-state index contributed by atoms with van der Waals surface area (Å²) in [6, 6.07) is 12.5. The Morgan fingerprint density at radius 2 is 1.91 bits per heavy atom. The van der Waals surface area contributed by atoms with Crippen molar-refractivity contribution in [3.63, 3.8) is 0 Å². The molecule has 0 bridgehead atoms. The number of nitrogens with zero attached hydrogens (tertiary/aromatic N) is 3. The molecule has 0 aliphatic heterocycles. The number of carbonyl (C=O) groups is 2. The Bertz CT molecular complexity index is 858. The Balaban J connectivity index is 1.66. The molecule has 0 radical (unpaired) electrons. The van der Waals surface area contributed by atoms with Crippen LogP contribution in [0.4, 0.5) is 5.69 Å². The van der Waals surface area contributed by atoms with Crippen molar-refractivity contribution in [1.82, 2.24) is 14.6 Å². The van der Waals surface area contributed by atoms with Crippen LogP contribution in [-0.4, -0.2) is 32.0 Å². The quantitative estimate of drug-likeness (QED) is 0.576. The third kappa shape index (κ3) is 3.57. The first-order valence-corrected chi connectivity index (χ1v) is 7.95.